The Morgan fingerprint density at radius 1 is 1.31 bits per heavy atom. The van der Waals surface area contributed by atoms with Crippen LogP contribution in [-0.2, 0) is 13.0 Å². The number of rotatable bonds is 6. The molecule has 26 heavy (non-hydrogen) atoms. The molecule has 0 atom stereocenters. The Morgan fingerprint density at radius 2 is 2.08 bits per heavy atom. The second-order valence-electron chi connectivity index (χ2n) is 6.22. The minimum absolute atomic E-state index is 0.176. The lowest BCUT2D eigenvalue weighted by molar-refractivity contribution is 0.0952. The van der Waals surface area contributed by atoms with Gasteiger partial charge < -0.3 is 14.8 Å². The Balaban J connectivity index is 1.98. The second kappa shape index (κ2) is 7.99. The van der Waals surface area contributed by atoms with Gasteiger partial charge in [-0.15, -0.1) is 6.58 Å². The van der Waals surface area contributed by atoms with E-state index in [1.807, 2.05) is 41.8 Å². The van der Waals surface area contributed by atoms with Crippen LogP contribution < -0.4 is 10.2 Å². The van der Waals surface area contributed by atoms with Crippen LogP contribution in [0.25, 0.3) is 0 Å². The molecule has 2 aromatic rings. The fraction of sp³-hybridized carbons (Fsp3) is 0.350. The first kappa shape index (κ1) is 17.9. The van der Waals surface area contributed by atoms with Crippen molar-refractivity contribution in [3.63, 3.8) is 0 Å². The average molecular weight is 352 g/mol. The third-order valence-electron chi connectivity index (χ3n) is 4.56. The number of hydrogen-bond acceptors (Lipinski definition) is 3. The Labute approximate surface area is 153 Å². The van der Waals surface area contributed by atoms with Gasteiger partial charge in [-0.2, -0.15) is 0 Å². The van der Waals surface area contributed by atoms with Crippen LogP contribution in [-0.4, -0.2) is 34.5 Å². The molecule has 0 fully saturated rings. The molecule has 0 radical (unpaired) electrons. The van der Waals surface area contributed by atoms with E-state index in [-0.39, 0.29) is 11.8 Å². The molecule has 6 nitrogen and oxygen atoms in total. The molecule has 3 rings (SSSR count). The molecule has 1 N–H and O–H groups in total. The molecule has 0 saturated heterocycles. The van der Waals surface area contributed by atoms with E-state index in [1.165, 1.54) is 0 Å². The van der Waals surface area contributed by atoms with Crippen molar-refractivity contribution >= 4 is 17.5 Å². The lowest BCUT2D eigenvalue weighted by Crippen LogP contribution is -2.33. The van der Waals surface area contributed by atoms with Crippen molar-refractivity contribution in [1.29, 1.82) is 0 Å². The number of para-hydroxylation sites is 1. The summed E-state index contributed by atoms with van der Waals surface area (Å²) in [7, 11) is 0. The van der Waals surface area contributed by atoms with Gasteiger partial charge in [-0.25, -0.2) is 4.98 Å². The topological polar surface area (TPSA) is 67.2 Å². The highest BCUT2D eigenvalue weighted by Gasteiger charge is 2.29. The largest absolute Gasteiger partial charge is 0.347 e. The second-order valence-corrected chi connectivity index (χ2v) is 6.22. The number of anilines is 1. The first-order valence-electron chi connectivity index (χ1n) is 9.02. The van der Waals surface area contributed by atoms with E-state index in [0.29, 0.717) is 31.2 Å². The summed E-state index contributed by atoms with van der Waals surface area (Å²) < 4.78 is 1.92. The molecule has 0 unspecified atom stereocenters. The maximum Gasteiger partial charge on any atom is 0.294 e. The van der Waals surface area contributed by atoms with Crippen LogP contribution in [0.4, 0.5) is 5.69 Å². The predicted molar refractivity (Wildman–Crippen MR) is 101 cm³/mol. The summed E-state index contributed by atoms with van der Waals surface area (Å²) in [5.41, 5.74) is 2.04. The van der Waals surface area contributed by atoms with Gasteiger partial charge in [0.2, 0.25) is 5.82 Å². The molecule has 1 aromatic carbocycles. The van der Waals surface area contributed by atoms with Gasteiger partial charge in [0, 0.05) is 25.3 Å². The zero-order valence-corrected chi connectivity index (χ0v) is 15.1. The first-order chi connectivity index (χ1) is 12.7. The fourth-order valence-electron chi connectivity index (χ4n) is 3.31. The number of aromatic nitrogens is 2. The van der Waals surface area contributed by atoms with E-state index in [9.17, 15) is 9.59 Å². The highest BCUT2D eigenvalue weighted by molar-refractivity contribution is 6.05. The summed E-state index contributed by atoms with van der Waals surface area (Å²) >= 11 is 0. The van der Waals surface area contributed by atoms with E-state index in [2.05, 4.69) is 16.9 Å². The van der Waals surface area contributed by atoms with Crippen molar-refractivity contribution in [1.82, 2.24) is 14.9 Å². The van der Waals surface area contributed by atoms with Crippen LogP contribution in [0.5, 0.6) is 0 Å². The highest BCUT2D eigenvalue weighted by Crippen LogP contribution is 2.24. The minimum Gasteiger partial charge on any atom is -0.347 e. The Hall–Kier alpha value is -2.89. The number of benzene rings is 1. The van der Waals surface area contributed by atoms with Gasteiger partial charge in [-0.1, -0.05) is 24.3 Å². The van der Waals surface area contributed by atoms with Gasteiger partial charge in [-0.3, -0.25) is 9.59 Å². The molecule has 2 heterocycles. The molecule has 0 bridgehead atoms. The van der Waals surface area contributed by atoms with Crippen LogP contribution in [0, 0.1) is 0 Å². The Kier molecular flexibility index (Phi) is 5.51. The number of nitrogens with one attached hydrogen (secondary N) is 1. The molecular weight excluding hydrogens is 328 g/mol. The van der Waals surface area contributed by atoms with E-state index in [1.54, 1.807) is 11.0 Å². The first-order valence-corrected chi connectivity index (χ1v) is 9.02. The molecular formula is C20H24N4O2. The smallest absolute Gasteiger partial charge is 0.294 e. The van der Waals surface area contributed by atoms with Crippen molar-refractivity contribution in [3.8, 4) is 0 Å². The van der Waals surface area contributed by atoms with Gasteiger partial charge in [0.05, 0.1) is 5.69 Å². The number of amides is 2. The minimum atomic E-state index is -0.252. The quantitative estimate of drug-likeness (QED) is 0.813. The van der Waals surface area contributed by atoms with Crippen molar-refractivity contribution in [2.75, 3.05) is 18.0 Å². The summed E-state index contributed by atoms with van der Waals surface area (Å²) in [5.74, 6) is -0.0869. The summed E-state index contributed by atoms with van der Waals surface area (Å²) in [6.45, 7) is 7.17. The lowest BCUT2D eigenvalue weighted by Gasteiger charge is -2.22. The number of hydrogen-bond donors (Lipinski definition) is 1. The molecule has 136 valence electrons. The Morgan fingerprint density at radius 3 is 2.77 bits per heavy atom. The summed E-state index contributed by atoms with van der Waals surface area (Å²) in [6.07, 6.45) is 4.36. The molecule has 1 aliphatic heterocycles. The van der Waals surface area contributed by atoms with Crippen molar-refractivity contribution in [2.24, 2.45) is 0 Å². The normalized spacial score (nSPS) is 13.0. The molecule has 0 saturated carbocycles. The van der Waals surface area contributed by atoms with E-state index in [0.717, 1.165) is 30.6 Å². The zero-order chi connectivity index (χ0) is 18.5. The number of fused-ring (bicyclic) bond motifs is 1. The number of imidazole rings is 1. The predicted octanol–water partition coefficient (Wildman–Crippen LogP) is 2.80. The molecule has 0 aliphatic carbocycles. The summed E-state index contributed by atoms with van der Waals surface area (Å²) in [5, 5.41) is 2.77. The van der Waals surface area contributed by atoms with Crippen LogP contribution in [0.15, 0.2) is 43.0 Å². The van der Waals surface area contributed by atoms with Crippen LogP contribution in [0.1, 0.15) is 46.6 Å². The molecule has 1 aliphatic rings. The van der Waals surface area contributed by atoms with Crippen LogP contribution >= 0.6 is 0 Å². The van der Waals surface area contributed by atoms with E-state index >= 15 is 0 Å². The van der Waals surface area contributed by atoms with Gasteiger partial charge in [0.1, 0.15) is 5.69 Å². The van der Waals surface area contributed by atoms with Crippen molar-refractivity contribution in [2.45, 2.75) is 32.7 Å². The standard InChI is InChI=1S/C20H24N4O2/c1-3-13-21-19(25)17-16-12-8-9-14-24(16)18(22-17)20(26)23(4-2)15-10-6-5-7-11-15/h3,5-7,10-11H,1,4,8-9,12-14H2,2H3,(H,21,25). The van der Waals surface area contributed by atoms with E-state index < -0.39 is 0 Å². The SMILES string of the molecule is C=CCNC(=O)c1nc(C(=O)N(CC)c2ccccc2)n2c1CCCC2. The van der Waals surface area contributed by atoms with Crippen molar-refractivity contribution < 1.29 is 9.59 Å². The number of carbonyl (C=O) groups excluding carboxylic acids is 2. The van der Waals surface area contributed by atoms with Crippen LogP contribution in [0.3, 0.4) is 0 Å². The molecule has 1 aromatic heterocycles. The summed E-state index contributed by atoms with van der Waals surface area (Å²) in [4.78, 5) is 31.8. The maximum absolute atomic E-state index is 13.2. The van der Waals surface area contributed by atoms with Gasteiger partial charge in [-0.05, 0) is 38.3 Å². The van der Waals surface area contributed by atoms with Gasteiger partial charge >= 0.3 is 0 Å². The highest BCUT2D eigenvalue weighted by atomic mass is 16.2. The van der Waals surface area contributed by atoms with Gasteiger partial charge in [0.25, 0.3) is 11.8 Å². The number of carbonyl (C=O) groups is 2. The maximum atomic E-state index is 13.2. The monoisotopic (exact) mass is 352 g/mol. The number of nitrogens with zero attached hydrogens (tertiary/aromatic N) is 3. The summed E-state index contributed by atoms with van der Waals surface area (Å²) in [6, 6.07) is 9.53. The average Bonchev–Trinajstić information content (AvgIpc) is 3.07. The third-order valence-corrected chi connectivity index (χ3v) is 4.56. The van der Waals surface area contributed by atoms with Crippen LogP contribution in [0.2, 0.25) is 0 Å². The van der Waals surface area contributed by atoms with E-state index in [4.69, 9.17) is 0 Å². The van der Waals surface area contributed by atoms with Crippen molar-refractivity contribution in [3.05, 3.63) is 60.2 Å². The molecule has 6 heteroatoms. The molecule has 0 spiro atoms. The third kappa shape index (κ3) is 3.40. The zero-order valence-electron chi connectivity index (χ0n) is 15.1. The molecule has 2 amide bonds. The lowest BCUT2D eigenvalue weighted by atomic mass is 10.1. The Bertz CT molecular complexity index is 811. The van der Waals surface area contributed by atoms with Gasteiger partial charge in [0.15, 0.2) is 0 Å². The fourth-order valence-corrected chi connectivity index (χ4v) is 3.31.